The van der Waals surface area contributed by atoms with Crippen molar-refractivity contribution in [3.05, 3.63) is 46.8 Å². The maximum Gasteiger partial charge on any atom is 0.284 e. The van der Waals surface area contributed by atoms with Gasteiger partial charge in [0.25, 0.3) is 4.84 Å². The molecule has 0 saturated heterocycles. The number of fused-ring (bicyclic) bond motifs is 1. The molecule has 4 nitrogen and oxygen atoms in total. The summed E-state index contributed by atoms with van der Waals surface area (Å²) in [5, 5.41) is 7.92. The van der Waals surface area contributed by atoms with E-state index in [9.17, 15) is 0 Å². The second-order valence-corrected chi connectivity index (χ2v) is 4.59. The van der Waals surface area contributed by atoms with Gasteiger partial charge in [0.15, 0.2) is 0 Å². The summed E-state index contributed by atoms with van der Waals surface area (Å²) in [6.45, 7) is 0. The molecule has 0 aliphatic rings. The van der Waals surface area contributed by atoms with E-state index in [4.69, 9.17) is 16.6 Å². The molecule has 0 spiro atoms. The van der Waals surface area contributed by atoms with Gasteiger partial charge < -0.3 is 9.40 Å². The van der Waals surface area contributed by atoms with Gasteiger partial charge in [-0.3, -0.25) is 0 Å². The molecule has 5 heteroatoms. The molecule has 0 amide bonds. The lowest BCUT2D eigenvalue weighted by Crippen LogP contribution is -1.89. The number of para-hydroxylation sites is 1. The number of aryl methyl sites for hydroxylation is 2. The lowest BCUT2D eigenvalue weighted by molar-refractivity contribution is 0.474. The predicted molar refractivity (Wildman–Crippen MR) is 72.0 cm³/mol. The van der Waals surface area contributed by atoms with Crippen LogP contribution in [0.4, 0.5) is 0 Å². The Morgan fingerprint density at radius 2 is 2.11 bits per heavy atom. The van der Waals surface area contributed by atoms with Crippen molar-refractivity contribution in [2.45, 2.75) is 19.3 Å². The van der Waals surface area contributed by atoms with Crippen LogP contribution in [0.25, 0.3) is 10.9 Å². The molecule has 0 aliphatic heterocycles. The first-order valence-corrected chi connectivity index (χ1v) is 6.33. The van der Waals surface area contributed by atoms with E-state index in [-0.39, 0.29) is 0 Å². The van der Waals surface area contributed by atoms with Gasteiger partial charge in [-0.15, -0.1) is 5.10 Å². The van der Waals surface area contributed by atoms with Crippen LogP contribution in [0.5, 0.6) is 0 Å². The van der Waals surface area contributed by atoms with E-state index in [0.29, 0.717) is 10.7 Å². The number of nitrogens with one attached hydrogen (secondary N) is 2. The van der Waals surface area contributed by atoms with Gasteiger partial charge in [0, 0.05) is 23.5 Å². The van der Waals surface area contributed by atoms with Crippen molar-refractivity contribution in [1.82, 2.24) is 15.2 Å². The second kappa shape index (κ2) is 4.78. The third kappa shape index (κ3) is 2.22. The van der Waals surface area contributed by atoms with Gasteiger partial charge in [0.1, 0.15) is 0 Å². The lowest BCUT2D eigenvalue weighted by atomic mass is 10.1. The van der Waals surface area contributed by atoms with E-state index in [1.165, 1.54) is 16.5 Å². The molecule has 92 valence electrons. The molecule has 0 atom stereocenters. The molecule has 0 bridgehead atoms. The third-order valence-corrected chi connectivity index (χ3v) is 3.17. The van der Waals surface area contributed by atoms with Gasteiger partial charge in [-0.2, -0.15) is 0 Å². The number of nitrogens with zero attached hydrogens (tertiary/aromatic N) is 1. The maximum atomic E-state index is 5.23. The molecule has 0 radical (unpaired) electrons. The Labute approximate surface area is 109 Å². The van der Waals surface area contributed by atoms with Crippen LogP contribution in [0.1, 0.15) is 17.9 Å². The monoisotopic (exact) mass is 259 g/mol. The standard InChI is InChI=1S/C13H13N3OS/c18-13-16-15-12(17-13)7-3-4-9-8-14-11-6-2-1-5-10(9)11/h1-2,5-6,8,14H,3-4,7H2,(H,16,18). The molecule has 0 unspecified atom stereocenters. The normalized spacial score (nSPS) is 11.1. The van der Waals surface area contributed by atoms with Gasteiger partial charge in [-0.05, 0) is 36.7 Å². The van der Waals surface area contributed by atoms with Crippen molar-refractivity contribution in [2.75, 3.05) is 0 Å². The fourth-order valence-corrected chi connectivity index (χ4v) is 2.28. The van der Waals surface area contributed by atoms with Crippen molar-refractivity contribution in [3.8, 4) is 0 Å². The highest BCUT2D eigenvalue weighted by Crippen LogP contribution is 2.19. The zero-order valence-electron chi connectivity index (χ0n) is 9.77. The van der Waals surface area contributed by atoms with E-state index < -0.39 is 0 Å². The summed E-state index contributed by atoms with van der Waals surface area (Å²) < 4.78 is 5.23. The number of hydrogen-bond donors (Lipinski definition) is 2. The molecule has 1 aromatic carbocycles. The smallest absolute Gasteiger partial charge is 0.284 e. The number of benzene rings is 1. The van der Waals surface area contributed by atoms with Gasteiger partial charge in [0.2, 0.25) is 5.89 Å². The molecule has 0 fully saturated rings. The van der Waals surface area contributed by atoms with Crippen LogP contribution in [0.2, 0.25) is 0 Å². The third-order valence-electron chi connectivity index (χ3n) is 2.99. The van der Waals surface area contributed by atoms with Crippen LogP contribution in [0.15, 0.2) is 34.9 Å². The summed E-state index contributed by atoms with van der Waals surface area (Å²) >= 11 is 4.84. The first kappa shape index (κ1) is 11.2. The average molecular weight is 259 g/mol. The van der Waals surface area contributed by atoms with Crippen LogP contribution in [-0.2, 0) is 12.8 Å². The van der Waals surface area contributed by atoms with Gasteiger partial charge in [-0.25, -0.2) is 5.10 Å². The number of rotatable bonds is 4. The molecule has 0 aliphatic carbocycles. The van der Waals surface area contributed by atoms with Gasteiger partial charge in [-0.1, -0.05) is 18.2 Å². The fourth-order valence-electron chi connectivity index (χ4n) is 2.14. The summed E-state index contributed by atoms with van der Waals surface area (Å²) in [6.07, 6.45) is 4.86. The van der Waals surface area contributed by atoms with Crippen LogP contribution < -0.4 is 0 Å². The number of aromatic nitrogens is 3. The Hall–Kier alpha value is -1.88. The minimum absolute atomic E-state index is 0.345. The molecule has 3 aromatic rings. The van der Waals surface area contributed by atoms with Crippen molar-refractivity contribution in [2.24, 2.45) is 0 Å². The summed E-state index contributed by atoms with van der Waals surface area (Å²) in [5.41, 5.74) is 2.52. The Morgan fingerprint density at radius 1 is 1.22 bits per heavy atom. The first-order chi connectivity index (χ1) is 8.83. The highest BCUT2D eigenvalue weighted by molar-refractivity contribution is 7.71. The van der Waals surface area contributed by atoms with Crippen LogP contribution in [0, 0.1) is 4.84 Å². The Balaban J connectivity index is 1.68. The van der Waals surface area contributed by atoms with Gasteiger partial charge >= 0.3 is 0 Å². The van der Waals surface area contributed by atoms with E-state index >= 15 is 0 Å². The highest BCUT2D eigenvalue weighted by Gasteiger charge is 2.04. The Bertz CT molecular complexity index is 710. The molecule has 2 heterocycles. The Morgan fingerprint density at radius 3 is 2.94 bits per heavy atom. The molecule has 2 aromatic heterocycles. The quantitative estimate of drug-likeness (QED) is 0.706. The van der Waals surface area contributed by atoms with Crippen molar-refractivity contribution < 1.29 is 4.42 Å². The summed E-state index contributed by atoms with van der Waals surface area (Å²) in [7, 11) is 0. The summed E-state index contributed by atoms with van der Waals surface area (Å²) in [5.74, 6) is 0.680. The van der Waals surface area contributed by atoms with Crippen LogP contribution >= 0.6 is 12.2 Å². The Kier molecular flexibility index (Phi) is 2.98. The highest BCUT2D eigenvalue weighted by atomic mass is 32.1. The summed E-state index contributed by atoms with van der Waals surface area (Å²) in [6, 6.07) is 8.33. The second-order valence-electron chi connectivity index (χ2n) is 4.22. The number of aromatic amines is 2. The maximum absolute atomic E-state index is 5.23. The largest absolute Gasteiger partial charge is 0.414 e. The first-order valence-electron chi connectivity index (χ1n) is 5.92. The molecular weight excluding hydrogens is 246 g/mol. The molecule has 18 heavy (non-hydrogen) atoms. The zero-order valence-corrected chi connectivity index (χ0v) is 10.6. The van der Waals surface area contributed by atoms with E-state index in [1.807, 2.05) is 6.07 Å². The minimum atomic E-state index is 0.345. The zero-order chi connectivity index (χ0) is 12.4. The van der Waals surface area contributed by atoms with E-state index in [0.717, 1.165) is 19.3 Å². The lowest BCUT2D eigenvalue weighted by Gasteiger charge is -1.97. The van der Waals surface area contributed by atoms with E-state index in [1.54, 1.807) is 0 Å². The molecular formula is C13H13N3OS. The molecule has 3 rings (SSSR count). The van der Waals surface area contributed by atoms with Crippen LogP contribution in [-0.4, -0.2) is 15.2 Å². The average Bonchev–Trinajstić information content (AvgIpc) is 2.97. The molecule has 0 saturated carbocycles. The topological polar surface area (TPSA) is 57.6 Å². The SMILES string of the molecule is S=c1[nH]nc(CCCc2c[nH]c3ccccc23)o1. The van der Waals surface area contributed by atoms with Crippen LogP contribution in [0.3, 0.4) is 0 Å². The summed E-state index contributed by atoms with van der Waals surface area (Å²) in [4.78, 5) is 3.62. The van der Waals surface area contributed by atoms with E-state index in [2.05, 4.69) is 39.6 Å². The number of H-pyrrole nitrogens is 2. The predicted octanol–water partition coefficient (Wildman–Crippen LogP) is 3.39. The van der Waals surface area contributed by atoms with Crippen molar-refractivity contribution in [3.63, 3.8) is 0 Å². The van der Waals surface area contributed by atoms with Crippen molar-refractivity contribution in [1.29, 1.82) is 0 Å². The van der Waals surface area contributed by atoms with Crippen molar-refractivity contribution >= 4 is 23.1 Å². The fraction of sp³-hybridized carbons (Fsp3) is 0.231. The van der Waals surface area contributed by atoms with Gasteiger partial charge in [0.05, 0.1) is 0 Å². The number of hydrogen-bond acceptors (Lipinski definition) is 3. The molecule has 2 N–H and O–H groups in total. The minimum Gasteiger partial charge on any atom is -0.414 e.